The van der Waals surface area contributed by atoms with Crippen LogP contribution in [0.15, 0.2) is 6.20 Å². The SMILES string of the molecule is CC(N)C1CCCCN1Cc1cn(C)nn1.Cl. The van der Waals surface area contributed by atoms with Gasteiger partial charge in [-0.25, -0.2) is 0 Å². The average Bonchev–Trinajstić information content (AvgIpc) is 2.64. The Morgan fingerprint density at radius 1 is 1.53 bits per heavy atom. The Labute approximate surface area is 109 Å². The van der Waals surface area contributed by atoms with Crippen molar-refractivity contribution in [1.82, 2.24) is 19.9 Å². The Bertz CT molecular complexity index is 338. The molecule has 17 heavy (non-hydrogen) atoms. The predicted octanol–water partition coefficient (Wildman–Crippen LogP) is 0.939. The van der Waals surface area contributed by atoms with E-state index in [4.69, 9.17) is 5.73 Å². The molecular weight excluding hydrogens is 238 g/mol. The minimum atomic E-state index is 0. The van der Waals surface area contributed by atoms with Crippen LogP contribution in [0.3, 0.4) is 0 Å². The monoisotopic (exact) mass is 259 g/mol. The van der Waals surface area contributed by atoms with Crippen molar-refractivity contribution in [2.45, 2.75) is 44.8 Å². The van der Waals surface area contributed by atoms with Crippen molar-refractivity contribution in [3.8, 4) is 0 Å². The van der Waals surface area contributed by atoms with Crippen LogP contribution in [-0.2, 0) is 13.6 Å². The van der Waals surface area contributed by atoms with Gasteiger partial charge in [0.2, 0.25) is 0 Å². The molecule has 0 aliphatic carbocycles. The summed E-state index contributed by atoms with van der Waals surface area (Å²) in [5.41, 5.74) is 7.07. The molecule has 1 aromatic rings. The Balaban J connectivity index is 0.00000144. The molecule has 2 heterocycles. The number of nitrogens with zero attached hydrogens (tertiary/aromatic N) is 4. The maximum absolute atomic E-state index is 6.03. The molecule has 1 aliphatic rings. The second-order valence-electron chi connectivity index (χ2n) is 4.78. The second-order valence-corrected chi connectivity index (χ2v) is 4.78. The third-order valence-corrected chi connectivity index (χ3v) is 3.29. The molecule has 0 bridgehead atoms. The van der Waals surface area contributed by atoms with E-state index >= 15 is 0 Å². The molecule has 5 nitrogen and oxygen atoms in total. The first kappa shape index (κ1) is 14.4. The van der Waals surface area contributed by atoms with Crippen LogP contribution in [0.25, 0.3) is 0 Å². The number of piperidine rings is 1. The first-order valence-electron chi connectivity index (χ1n) is 6.01. The van der Waals surface area contributed by atoms with Gasteiger partial charge in [-0.05, 0) is 26.3 Å². The molecule has 2 rings (SSSR count). The lowest BCUT2D eigenvalue weighted by atomic mass is 9.97. The van der Waals surface area contributed by atoms with Gasteiger partial charge in [0.15, 0.2) is 0 Å². The maximum atomic E-state index is 6.03. The number of hydrogen-bond donors (Lipinski definition) is 1. The van der Waals surface area contributed by atoms with Crippen LogP contribution in [0.2, 0.25) is 0 Å². The van der Waals surface area contributed by atoms with Crippen LogP contribution < -0.4 is 5.73 Å². The fourth-order valence-corrected chi connectivity index (χ4v) is 2.48. The van der Waals surface area contributed by atoms with Crippen molar-refractivity contribution in [2.24, 2.45) is 12.8 Å². The van der Waals surface area contributed by atoms with Gasteiger partial charge in [0, 0.05) is 31.9 Å². The normalized spacial score (nSPS) is 23.1. The van der Waals surface area contributed by atoms with E-state index in [-0.39, 0.29) is 18.4 Å². The lowest BCUT2D eigenvalue weighted by Crippen LogP contribution is -2.48. The molecule has 2 N–H and O–H groups in total. The quantitative estimate of drug-likeness (QED) is 0.878. The Hall–Kier alpha value is -0.650. The van der Waals surface area contributed by atoms with Crippen LogP contribution in [0.1, 0.15) is 31.9 Å². The molecule has 1 saturated heterocycles. The summed E-state index contributed by atoms with van der Waals surface area (Å²) in [6, 6.07) is 0.729. The zero-order chi connectivity index (χ0) is 11.5. The summed E-state index contributed by atoms with van der Waals surface area (Å²) >= 11 is 0. The van der Waals surface area contributed by atoms with Gasteiger partial charge >= 0.3 is 0 Å². The number of aryl methyl sites for hydroxylation is 1. The fraction of sp³-hybridized carbons (Fsp3) is 0.818. The molecule has 1 aromatic heterocycles. The Kier molecular flexibility index (Phi) is 5.36. The number of hydrogen-bond acceptors (Lipinski definition) is 4. The number of rotatable bonds is 3. The fourth-order valence-electron chi connectivity index (χ4n) is 2.48. The van der Waals surface area contributed by atoms with Crippen molar-refractivity contribution in [2.75, 3.05) is 6.54 Å². The summed E-state index contributed by atoms with van der Waals surface area (Å²) in [5.74, 6) is 0. The number of halogens is 1. The molecule has 0 spiro atoms. The highest BCUT2D eigenvalue weighted by Gasteiger charge is 2.25. The molecule has 0 amide bonds. The molecule has 2 unspecified atom stereocenters. The van der Waals surface area contributed by atoms with Gasteiger partial charge in [0.1, 0.15) is 0 Å². The predicted molar refractivity (Wildman–Crippen MR) is 69.9 cm³/mol. The van der Waals surface area contributed by atoms with Gasteiger partial charge in [-0.2, -0.15) is 0 Å². The van der Waals surface area contributed by atoms with E-state index < -0.39 is 0 Å². The lowest BCUT2D eigenvalue weighted by molar-refractivity contribution is 0.121. The van der Waals surface area contributed by atoms with E-state index in [0.29, 0.717) is 6.04 Å². The summed E-state index contributed by atoms with van der Waals surface area (Å²) in [7, 11) is 1.90. The summed E-state index contributed by atoms with van der Waals surface area (Å²) < 4.78 is 1.75. The van der Waals surface area contributed by atoms with Crippen LogP contribution in [-0.4, -0.2) is 38.5 Å². The largest absolute Gasteiger partial charge is 0.327 e. The van der Waals surface area contributed by atoms with Crippen molar-refractivity contribution < 1.29 is 0 Å². The first-order chi connectivity index (χ1) is 7.66. The van der Waals surface area contributed by atoms with E-state index in [1.54, 1.807) is 4.68 Å². The summed E-state index contributed by atoms with van der Waals surface area (Å²) in [4.78, 5) is 2.44. The topological polar surface area (TPSA) is 60.0 Å². The van der Waals surface area contributed by atoms with Gasteiger partial charge in [0.05, 0.1) is 5.69 Å². The lowest BCUT2D eigenvalue weighted by Gasteiger charge is -2.37. The van der Waals surface area contributed by atoms with Crippen molar-refractivity contribution >= 4 is 12.4 Å². The van der Waals surface area contributed by atoms with Gasteiger partial charge in [0.25, 0.3) is 0 Å². The van der Waals surface area contributed by atoms with E-state index in [1.165, 1.54) is 19.3 Å². The summed E-state index contributed by atoms with van der Waals surface area (Å²) in [6.45, 7) is 4.10. The molecule has 98 valence electrons. The highest BCUT2D eigenvalue weighted by atomic mass is 35.5. The van der Waals surface area contributed by atoms with Gasteiger partial charge in [-0.3, -0.25) is 9.58 Å². The molecule has 1 fully saturated rings. The van der Waals surface area contributed by atoms with Crippen molar-refractivity contribution in [3.05, 3.63) is 11.9 Å². The summed E-state index contributed by atoms with van der Waals surface area (Å²) in [5, 5.41) is 8.09. The highest BCUT2D eigenvalue weighted by molar-refractivity contribution is 5.85. The average molecular weight is 260 g/mol. The number of aromatic nitrogens is 3. The second kappa shape index (κ2) is 6.33. The summed E-state index contributed by atoms with van der Waals surface area (Å²) in [6.07, 6.45) is 5.75. The smallest absolute Gasteiger partial charge is 0.0967 e. The van der Waals surface area contributed by atoms with E-state index in [1.807, 2.05) is 13.2 Å². The molecule has 1 aliphatic heterocycles. The van der Waals surface area contributed by atoms with Crippen molar-refractivity contribution in [1.29, 1.82) is 0 Å². The number of likely N-dealkylation sites (tertiary alicyclic amines) is 1. The first-order valence-corrected chi connectivity index (χ1v) is 6.01. The van der Waals surface area contributed by atoms with E-state index in [0.717, 1.165) is 18.8 Å². The Morgan fingerprint density at radius 2 is 2.29 bits per heavy atom. The maximum Gasteiger partial charge on any atom is 0.0967 e. The van der Waals surface area contributed by atoms with E-state index in [9.17, 15) is 0 Å². The zero-order valence-electron chi connectivity index (χ0n) is 10.5. The van der Waals surface area contributed by atoms with Crippen LogP contribution >= 0.6 is 12.4 Å². The van der Waals surface area contributed by atoms with Crippen molar-refractivity contribution in [3.63, 3.8) is 0 Å². The standard InChI is InChI=1S/C11H21N5.ClH/c1-9(12)11-5-3-4-6-16(11)8-10-7-15(2)14-13-10;/h7,9,11H,3-6,8,12H2,1-2H3;1H. The molecule has 6 heteroatoms. The molecule has 0 radical (unpaired) electrons. The van der Waals surface area contributed by atoms with Crippen LogP contribution in [0.4, 0.5) is 0 Å². The van der Waals surface area contributed by atoms with Gasteiger partial charge < -0.3 is 5.73 Å². The van der Waals surface area contributed by atoms with E-state index in [2.05, 4.69) is 22.1 Å². The third kappa shape index (κ3) is 3.66. The highest BCUT2D eigenvalue weighted by Crippen LogP contribution is 2.20. The zero-order valence-corrected chi connectivity index (χ0v) is 11.4. The molecule has 2 atom stereocenters. The molecule has 0 saturated carbocycles. The molecule has 0 aromatic carbocycles. The minimum Gasteiger partial charge on any atom is -0.327 e. The van der Waals surface area contributed by atoms with Crippen LogP contribution in [0.5, 0.6) is 0 Å². The number of nitrogens with two attached hydrogens (primary N) is 1. The third-order valence-electron chi connectivity index (χ3n) is 3.29. The van der Waals surface area contributed by atoms with Gasteiger partial charge in [-0.15, -0.1) is 17.5 Å². The van der Waals surface area contributed by atoms with Crippen LogP contribution in [0, 0.1) is 0 Å². The van der Waals surface area contributed by atoms with Gasteiger partial charge in [-0.1, -0.05) is 11.6 Å². The minimum absolute atomic E-state index is 0. The molecular formula is C11H22ClN5. The Morgan fingerprint density at radius 3 is 2.88 bits per heavy atom.